The minimum atomic E-state index is -0.139. The fourth-order valence-corrected chi connectivity index (χ4v) is 2.75. The Morgan fingerprint density at radius 2 is 2.00 bits per heavy atom. The Kier molecular flexibility index (Phi) is 6.24. The molecule has 0 spiro atoms. The van der Waals surface area contributed by atoms with Gasteiger partial charge in [-0.2, -0.15) is 0 Å². The standard InChI is InChI=1S/C13H23N3O2S/c1-5-16(6-2)9-7-8-14-12(17)11-10(3)15(4)13(18)19-11/h5-9H2,1-4H3,(H,14,17). The lowest BCUT2D eigenvalue weighted by Gasteiger charge is -2.17. The van der Waals surface area contributed by atoms with Crippen LogP contribution in [0.5, 0.6) is 0 Å². The van der Waals surface area contributed by atoms with Crippen LogP contribution in [-0.4, -0.2) is 41.6 Å². The maximum atomic E-state index is 11.9. The highest BCUT2D eigenvalue weighted by Crippen LogP contribution is 2.09. The summed E-state index contributed by atoms with van der Waals surface area (Å²) in [7, 11) is 1.69. The van der Waals surface area contributed by atoms with Gasteiger partial charge < -0.3 is 14.8 Å². The van der Waals surface area contributed by atoms with Gasteiger partial charge in [-0.15, -0.1) is 0 Å². The molecule has 5 nitrogen and oxygen atoms in total. The Labute approximate surface area is 118 Å². The highest BCUT2D eigenvalue weighted by atomic mass is 32.1. The number of rotatable bonds is 7. The zero-order chi connectivity index (χ0) is 14.4. The smallest absolute Gasteiger partial charge is 0.307 e. The van der Waals surface area contributed by atoms with Gasteiger partial charge in [-0.1, -0.05) is 25.2 Å². The van der Waals surface area contributed by atoms with E-state index in [-0.39, 0.29) is 10.8 Å². The maximum absolute atomic E-state index is 11.9. The van der Waals surface area contributed by atoms with Crippen molar-refractivity contribution in [2.24, 2.45) is 7.05 Å². The van der Waals surface area contributed by atoms with Crippen LogP contribution in [0.1, 0.15) is 35.6 Å². The number of nitrogens with zero attached hydrogens (tertiary/aromatic N) is 2. The summed E-state index contributed by atoms with van der Waals surface area (Å²) in [6.07, 6.45) is 0.925. The van der Waals surface area contributed by atoms with E-state index in [1.54, 1.807) is 14.0 Å². The molecule has 1 amide bonds. The van der Waals surface area contributed by atoms with Crippen molar-refractivity contribution in [2.45, 2.75) is 27.2 Å². The Balaban J connectivity index is 2.44. The van der Waals surface area contributed by atoms with Gasteiger partial charge in [0, 0.05) is 19.3 Å². The molecule has 1 aromatic rings. The molecule has 0 aliphatic carbocycles. The van der Waals surface area contributed by atoms with Crippen LogP contribution >= 0.6 is 11.3 Å². The Hall–Kier alpha value is -1.14. The number of aromatic nitrogens is 1. The molecular formula is C13H23N3O2S. The number of hydrogen-bond donors (Lipinski definition) is 1. The number of carbonyl (C=O) groups is 1. The molecule has 1 heterocycles. The van der Waals surface area contributed by atoms with E-state index in [4.69, 9.17) is 0 Å². The highest BCUT2D eigenvalue weighted by Gasteiger charge is 2.15. The van der Waals surface area contributed by atoms with E-state index in [0.717, 1.165) is 43.1 Å². The first-order valence-corrected chi connectivity index (χ1v) is 7.49. The third-order valence-corrected chi connectivity index (χ3v) is 4.47. The van der Waals surface area contributed by atoms with Gasteiger partial charge in [0.1, 0.15) is 4.88 Å². The second kappa shape index (κ2) is 7.45. The van der Waals surface area contributed by atoms with Gasteiger partial charge in [-0.25, -0.2) is 0 Å². The summed E-state index contributed by atoms with van der Waals surface area (Å²) in [6, 6.07) is 0. The first kappa shape index (κ1) is 15.9. The summed E-state index contributed by atoms with van der Waals surface area (Å²) < 4.78 is 1.51. The zero-order valence-electron chi connectivity index (χ0n) is 12.2. The van der Waals surface area contributed by atoms with Crippen molar-refractivity contribution < 1.29 is 4.79 Å². The molecule has 108 valence electrons. The van der Waals surface area contributed by atoms with Crippen molar-refractivity contribution in [3.05, 3.63) is 20.2 Å². The van der Waals surface area contributed by atoms with Gasteiger partial charge in [0.05, 0.1) is 0 Å². The highest BCUT2D eigenvalue weighted by molar-refractivity contribution is 7.11. The van der Waals surface area contributed by atoms with Crippen LogP contribution in [0.2, 0.25) is 0 Å². The minimum Gasteiger partial charge on any atom is -0.351 e. The summed E-state index contributed by atoms with van der Waals surface area (Å²) in [5, 5.41) is 2.88. The summed E-state index contributed by atoms with van der Waals surface area (Å²) in [4.78, 5) is 26.2. The molecule has 0 saturated heterocycles. The quantitative estimate of drug-likeness (QED) is 0.766. The molecule has 19 heavy (non-hydrogen) atoms. The number of hydrogen-bond acceptors (Lipinski definition) is 4. The Bertz CT molecular complexity index is 475. The second-order valence-corrected chi connectivity index (χ2v) is 5.44. The van der Waals surface area contributed by atoms with E-state index in [1.807, 2.05) is 0 Å². The van der Waals surface area contributed by atoms with E-state index < -0.39 is 0 Å². The first-order chi connectivity index (χ1) is 9.01. The third-order valence-electron chi connectivity index (χ3n) is 3.33. The van der Waals surface area contributed by atoms with E-state index in [1.165, 1.54) is 4.57 Å². The van der Waals surface area contributed by atoms with Crippen molar-refractivity contribution in [2.75, 3.05) is 26.2 Å². The van der Waals surface area contributed by atoms with Gasteiger partial charge in [-0.3, -0.25) is 9.59 Å². The number of carbonyl (C=O) groups excluding carboxylic acids is 1. The topological polar surface area (TPSA) is 54.3 Å². The monoisotopic (exact) mass is 285 g/mol. The SMILES string of the molecule is CCN(CC)CCCNC(=O)c1sc(=O)n(C)c1C. The molecule has 0 aliphatic rings. The molecule has 0 aromatic carbocycles. The lowest BCUT2D eigenvalue weighted by atomic mass is 10.3. The van der Waals surface area contributed by atoms with Gasteiger partial charge in [-0.05, 0) is 33.0 Å². The molecule has 0 radical (unpaired) electrons. The van der Waals surface area contributed by atoms with E-state index in [0.29, 0.717) is 11.4 Å². The van der Waals surface area contributed by atoms with Crippen LogP contribution < -0.4 is 10.2 Å². The lowest BCUT2D eigenvalue weighted by Crippen LogP contribution is -2.29. The molecule has 0 fully saturated rings. The summed E-state index contributed by atoms with van der Waals surface area (Å²) in [5.41, 5.74) is 0.733. The van der Waals surface area contributed by atoms with Crippen LogP contribution in [0.4, 0.5) is 0 Å². The average Bonchev–Trinajstić information content (AvgIpc) is 2.66. The number of nitrogens with one attached hydrogen (secondary N) is 1. The minimum absolute atomic E-state index is 0.0919. The predicted molar refractivity (Wildman–Crippen MR) is 79.0 cm³/mol. The molecule has 1 aromatic heterocycles. The van der Waals surface area contributed by atoms with E-state index in [9.17, 15) is 9.59 Å². The van der Waals surface area contributed by atoms with Crippen LogP contribution in [0.3, 0.4) is 0 Å². The van der Waals surface area contributed by atoms with E-state index >= 15 is 0 Å². The fourth-order valence-electron chi connectivity index (χ4n) is 1.85. The lowest BCUT2D eigenvalue weighted by molar-refractivity contribution is 0.0955. The zero-order valence-corrected chi connectivity index (χ0v) is 13.0. The largest absolute Gasteiger partial charge is 0.351 e. The molecule has 1 rings (SSSR count). The summed E-state index contributed by atoms with van der Waals surface area (Å²) >= 11 is 1.01. The van der Waals surface area contributed by atoms with Crippen molar-refractivity contribution in [3.8, 4) is 0 Å². The molecule has 0 atom stereocenters. The normalized spacial score (nSPS) is 11.0. The van der Waals surface area contributed by atoms with Gasteiger partial charge in [0.15, 0.2) is 0 Å². The van der Waals surface area contributed by atoms with E-state index in [2.05, 4.69) is 24.1 Å². The number of thiazole rings is 1. The first-order valence-electron chi connectivity index (χ1n) is 6.68. The average molecular weight is 285 g/mol. The molecule has 0 saturated carbocycles. The maximum Gasteiger partial charge on any atom is 0.307 e. The summed E-state index contributed by atoms with van der Waals surface area (Å²) in [5.74, 6) is -0.139. The van der Waals surface area contributed by atoms with Crippen molar-refractivity contribution >= 4 is 17.2 Å². The molecule has 0 unspecified atom stereocenters. The van der Waals surface area contributed by atoms with Gasteiger partial charge in [0.25, 0.3) is 5.91 Å². The molecule has 1 N–H and O–H groups in total. The second-order valence-electron chi connectivity index (χ2n) is 4.48. The Morgan fingerprint density at radius 1 is 1.37 bits per heavy atom. The predicted octanol–water partition coefficient (Wildman–Crippen LogP) is 1.22. The van der Waals surface area contributed by atoms with Crippen LogP contribution in [0, 0.1) is 6.92 Å². The van der Waals surface area contributed by atoms with Gasteiger partial charge in [0.2, 0.25) is 0 Å². The van der Waals surface area contributed by atoms with Crippen LogP contribution in [-0.2, 0) is 7.05 Å². The fraction of sp³-hybridized carbons (Fsp3) is 0.692. The summed E-state index contributed by atoms with van der Waals surface area (Å²) in [6.45, 7) is 9.75. The van der Waals surface area contributed by atoms with Crippen LogP contribution in [0.15, 0.2) is 4.79 Å². The van der Waals surface area contributed by atoms with Gasteiger partial charge >= 0.3 is 4.87 Å². The van der Waals surface area contributed by atoms with Crippen molar-refractivity contribution in [1.82, 2.24) is 14.8 Å². The molecular weight excluding hydrogens is 262 g/mol. The third kappa shape index (κ3) is 4.18. The van der Waals surface area contributed by atoms with Crippen molar-refractivity contribution in [3.63, 3.8) is 0 Å². The molecule has 0 aliphatic heterocycles. The van der Waals surface area contributed by atoms with Crippen molar-refractivity contribution in [1.29, 1.82) is 0 Å². The number of amides is 1. The molecule has 0 bridgehead atoms. The molecule has 6 heteroatoms. The van der Waals surface area contributed by atoms with Crippen LogP contribution in [0.25, 0.3) is 0 Å². The Morgan fingerprint density at radius 3 is 2.47 bits per heavy atom.